The number of rotatable bonds is 5. The molecule has 2 rings (SSSR count). The molecule has 4 heteroatoms. The minimum absolute atomic E-state index is 0.171. The van der Waals surface area contributed by atoms with Crippen molar-refractivity contribution < 1.29 is 18.7 Å². The van der Waals surface area contributed by atoms with Gasteiger partial charge in [-0.15, -0.1) is 0 Å². The predicted molar refractivity (Wildman–Crippen MR) is 84.7 cm³/mol. The Bertz CT molecular complexity index is 675. The lowest BCUT2D eigenvalue weighted by atomic mass is 10.1. The molecule has 0 heterocycles. The molecule has 0 saturated heterocycles. The first-order valence-electron chi connectivity index (χ1n) is 6.94. The number of carbonyl (C=O) groups is 1. The number of benzene rings is 2. The summed E-state index contributed by atoms with van der Waals surface area (Å²) in [5.41, 5.74) is 1.70. The van der Waals surface area contributed by atoms with Crippen LogP contribution in [0.4, 0.5) is 0 Å². The van der Waals surface area contributed by atoms with Gasteiger partial charge in [-0.3, -0.25) is 4.42 Å². The van der Waals surface area contributed by atoms with Crippen LogP contribution in [0, 0.1) is 0 Å². The van der Waals surface area contributed by atoms with Gasteiger partial charge in [0, 0.05) is 17.3 Å². The molecule has 0 amide bonds. The molecule has 0 atom stereocenters. The molecule has 2 aromatic rings. The minimum atomic E-state index is -0.312. The van der Waals surface area contributed by atoms with Crippen LogP contribution in [-0.4, -0.2) is 26.0 Å². The smallest absolute Gasteiger partial charge is 0.493 e. The van der Waals surface area contributed by atoms with Crippen LogP contribution in [-0.2, 0) is 11.2 Å². The van der Waals surface area contributed by atoms with E-state index in [1.807, 2.05) is 36.4 Å². The van der Waals surface area contributed by atoms with E-state index in [0.29, 0.717) is 17.3 Å². The first-order chi connectivity index (χ1) is 10.6. The van der Waals surface area contributed by atoms with E-state index in [4.69, 9.17) is 13.9 Å². The van der Waals surface area contributed by atoms with Gasteiger partial charge in [0.15, 0.2) is 11.5 Å². The summed E-state index contributed by atoms with van der Waals surface area (Å²) >= 11 is 0. The van der Waals surface area contributed by atoms with Crippen molar-refractivity contribution in [2.24, 2.45) is 0 Å². The maximum absolute atomic E-state index is 12.0. The third-order valence-electron chi connectivity index (χ3n) is 3.24. The Morgan fingerprint density at radius 2 is 1.68 bits per heavy atom. The van der Waals surface area contributed by atoms with Crippen LogP contribution in [0.5, 0.6) is 11.5 Å². The van der Waals surface area contributed by atoms with Crippen LogP contribution in [0.15, 0.2) is 48.5 Å². The maximum atomic E-state index is 12.0. The first-order valence-corrected chi connectivity index (χ1v) is 6.94. The highest BCUT2D eigenvalue weighted by molar-refractivity contribution is 5.96. The molecule has 0 saturated carbocycles. The molecule has 0 unspecified atom stereocenters. The highest BCUT2D eigenvalue weighted by Gasteiger charge is 2.18. The molecule has 0 fully saturated rings. The van der Waals surface area contributed by atoms with E-state index in [0.717, 1.165) is 11.1 Å². The fourth-order valence-electron chi connectivity index (χ4n) is 2.10. The fraction of sp³-hybridized carbons (Fsp3) is 0.222. The predicted octanol–water partition coefficient (Wildman–Crippen LogP) is 3.21. The van der Waals surface area contributed by atoms with Gasteiger partial charge in [0.25, 0.3) is 0 Å². The van der Waals surface area contributed by atoms with Gasteiger partial charge in [-0.25, -0.2) is 0 Å². The standard InChI is InChI=1S/C18H19O4/c1-13(15-7-5-4-6-8-15)22-18(19)12-14-9-10-16(20-2)17(11-14)21-3/h4-11H,12H2,1-3H3/q+1. The van der Waals surface area contributed by atoms with E-state index in [-0.39, 0.29) is 12.4 Å². The fourth-order valence-corrected chi connectivity index (χ4v) is 2.10. The highest BCUT2D eigenvalue weighted by atomic mass is 16.5. The lowest BCUT2D eigenvalue weighted by Crippen LogP contribution is -2.05. The Morgan fingerprint density at radius 1 is 1.00 bits per heavy atom. The van der Waals surface area contributed by atoms with Crippen LogP contribution >= 0.6 is 0 Å². The highest BCUT2D eigenvalue weighted by Crippen LogP contribution is 2.27. The van der Waals surface area contributed by atoms with Crippen molar-refractivity contribution in [2.45, 2.75) is 13.3 Å². The third kappa shape index (κ3) is 3.95. The molecule has 0 aliphatic heterocycles. The molecule has 0 bridgehead atoms. The summed E-state index contributed by atoms with van der Waals surface area (Å²) in [6.45, 7) is 1.78. The van der Waals surface area contributed by atoms with E-state index < -0.39 is 0 Å². The second kappa shape index (κ2) is 7.41. The average Bonchev–Trinajstić information content (AvgIpc) is 2.55. The molecule has 0 aliphatic carbocycles. The quantitative estimate of drug-likeness (QED) is 0.629. The van der Waals surface area contributed by atoms with Gasteiger partial charge in [-0.05, 0) is 29.8 Å². The van der Waals surface area contributed by atoms with E-state index >= 15 is 0 Å². The van der Waals surface area contributed by atoms with E-state index in [9.17, 15) is 4.79 Å². The second-order valence-electron chi connectivity index (χ2n) is 4.76. The molecule has 2 aromatic carbocycles. The molecule has 0 spiro atoms. The molecule has 0 aromatic heterocycles. The van der Waals surface area contributed by atoms with Crippen molar-refractivity contribution in [2.75, 3.05) is 14.2 Å². The van der Waals surface area contributed by atoms with Gasteiger partial charge in [0.05, 0.1) is 14.2 Å². The summed E-state index contributed by atoms with van der Waals surface area (Å²) in [5, 5.41) is 0. The lowest BCUT2D eigenvalue weighted by Gasteiger charge is -2.07. The second-order valence-corrected chi connectivity index (χ2v) is 4.76. The van der Waals surface area contributed by atoms with Crippen molar-refractivity contribution in [3.8, 4) is 11.5 Å². The van der Waals surface area contributed by atoms with Crippen molar-refractivity contribution >= 4 is 11.8 Å². The van der Waals surface area contributed by atoms with Crippen LogP contribution < -0.4 is 9.47 Å². The number of methoxy groups -OCH3 is 2. The summed E-state index contributed by atoms with van der Waals surface area (Å²) < 4.78 is 15.8. The lowest BCUT2D eigenvalue weighted by molar-refractivity contribution is -0.244. The maximum Gasteiger partial charge on any atom is 0.584 e. The van der Waals surface area contributed by atoms with Crippen LogP contribution in [0.3, 0.4) is 0 Å². The summed E-state index contributed by atoms with van der Waals surface area (Å²) in [6, 6.07) is 14.9. The van der Waals surface area contributed by atoms with Gasteiger partial charge in [0.1, 0.15) is 6.42 Å². The molecule has 0 radical (unpaired) electrons. The molecule has 22 heavy (non-hydrogen) atoms. The molecule has 0 aliphatic rings. The van der Waals surface area contributed by atoms with Crippen LogP contribution in [0.25, 0.3) is 0 Å². The average molecular weight is 299 g/mol. The molecular weight excluding hydrogens is 280 g/mol. The normalized spacial score (nSPS) is 11.1. The van der Waals surface area contributed by atoms with Crippen molar-refractivity contribution in [3.63, 3.8) is 0 Å². The van der Waals surface area contributed by atoms with Gasteiger partial charge in [-0.2, -0.15) is 0 Å². The Balaban J connectivity index is 2.12. The van der Waals surface area contributed by atoms with E-state index in [2.05, 4.69) is 0 Å². The zero-order chi connectivity index (χ0) is 15.9. The summed E-state index contributed by atoms with van der Waals surface area (Å²) in [4.78, 5) is 12.0. The van der Waals surface area contributed by atoms with E-state index in [1.165, 1.54) is 0 Å². The third-order valence-corrected chi connectivity index (χ3v) is 3.24. The molecular formula is C18H19O4+. The minimum Gasteiger partial charge on any atom is -0.493 e. The zero-order valence-corrected chi connectivity index (χ0v) is 13.0. The zero-order valence-electron chi connectivity index (χ0n) is 13.0. The Hall–Kier alpha value is -2.62. The number of ketones is 1. The largest absolute Gasteiger partial charge is 0.584 e. The van der Waals surface area contributed by atoms with Gasteiger partial charge in [-0.1, -0.05) is 24.3 Å². The van der Waals surface area contributed by atoms with Crippen LogP contribution in [0.1, 0.15) is 22.5 Å². The van der Waals surface area contributed by atoms with Gasteiger partial charge < -0.3 is 9.47 Å². The van der Waals surface area contributed by atoms with Gasteiger partial charge >= 0.3 is 5.97 Å². The molecule has 4 nitrogen and oxygen atoms in total. The van der Waals surface area contributed by atoms with Gasteiger partial charge in [0.2, 0.25) is 5.78 Å². The Morgan fingerprint density at radius 3 is 2.32 bits per heavy atom. The topological polar surface area (TPSA) is 46.8 Å². The number of hydrogen-bond donors (Lipinski definition) is 0. The molecule has 114 valence electrons. The number of carbonyl (C=O) groups excluding carboxylic acids is 2. The van der Waals surface area contributed by atoms with Crippen molar-refractivity contribution in [3.05, 3.63) is 59.7 Å². The SMILES string of the molecule is COc1ccc(CC(=O)[O+]=C(C)c2ccccc2)cc1OC. The van der Waals surface area contributed by atoms with Crippen molar-refractivity contribution in [1.82, 2.24) is 0 Å². The Kier molecular flexibility index (Phi) is 5.31. The summed E-state index contributed by atoms with van der Waals surface area (Å²) in [6.07, 6.45) is 0.171. The van der Waals surface area contributed by atoms with Crippen LogP contribution in [0.2, 0.25) is 0 Å². The van der Waals surface area contributed by atoms with Crippen molar-refractivity contribution in [1.29, 1.82) is 0 Å². The number of ether oxygens (including phenoxy) is 2. The number of hydrogen-bond acceptors (Lipinski definition) is 3. The monoisotopic (exact) mass is 299 g/mol. The Labute approximate surface area is 130 Å². The summed E-state index contributed by atoms with van der Waals surface area (Å²) in [5.74, 6) is 1.50. The molecule has 0 N–H and O–H groups in total. The summed E-state index contributed by atoms with van der Waals surface area (Å²) in [7, 11) is 3.14. The first kappa shape index (κ1) is 15.8. The van der Waals surface area contributed by atoms with E-state index in [1.54, 1.807) is 33.3 Å².